The van der Waals surface area contributed by atoms with Crippen LogP contribution >= 0.6 is 0 Å². The second-order valence-corrected chi connectivity index (χ2v) is 4.50. The molecular formula is C14H19N2O3-. The van der Waals surface area contributed by atoms with Gasteiger partial charge in [-0.2, -0.15) is 0 Å². The van der Waals surface area contributed by atoms with Gasteiger partial charge in [0.1, 0.15) is 0 Å². The van der Waals surface area contributed by atoms with Crippen LogP contribution in [0.15, 0.2) is 30.3 Å². The third kappa shape index (κ3) is 5.52. The summed E-state index contributed by atoms with van der Waals surface area (Å²) in [6.45, 7) is 0.382. The van der Waals surface area contributed by atoms with Crippen molar-refractivity contribution in [2.24, 2.45) is 0 Å². The Balaban J connectivity index is 2.55. The summed E-state index contributed by atoms with van der Waals surface area (Å²) in [5, 5.41) is 13.6. The number of carbonyl (C=O) groups is 2. The molecule has 0 saturated carbocycles. The Hall–Kier alpha value is -1.88. The summed E-state index contributed by atoms with van der Waals surface area (Å²) in [7, 11) is 3.53. The first kappa shape index (κ1) is 15.2. The van der Waals surface area contributed by atoms with Crippen LogP contribution in [0.2, 0.25) is 0 Å². The number of hydrogen-bond acceptors (Lipinski definition) is 4. The number of aliphatic carboxylic acids is 1. The van der Waals surface area contributed by atoms with Crippen molar-refractivity contribution >= 4 is 11.9 Å². The molecule has 0 atom stereocenters. The molecule has 0 heterocycles. The van der Waals surface area contributed by atoms with Gasteiger partial charge in [0.2, 0.25) is 5.91 Å². The maximum atomic E-state index is 12.2. The Kier molecular flexibility index (Phi) is 6.02. The summed E-state index contributed by atoms with van der Waals surface area (Å²) in [6, 6.07) is 9.47. The predicted molar refractivity (Wildman–Crippen MR) is 69.8 cm³/mol. The van der Waals surface area contributed by atoms with Gasteiger partial charge in [0.25, 0.3) is 0 Å². The number of carboxylic acids is 1. The molecule has 0 aliphatic heterocycles. The lowest BCUT2D eigenvalue weighted by Crippen LogP contribution is -2.43. The Morgan fingerprint density at radius 3 is 2.32 bits per heavy atom. The molecule has 1 aromatic carbocycles. The van der Waals surface area contributed by atoms with Crippen molar-refractivity contribution in [3.63, 3.8) is 0 Å². The molecule has 0 saturated heterocycles. The number of carbonyl (C=O) groups excluding carboxylic acids is 2. The number of rotatable bonds is 7. The topological polar surface area (TPSA) is 63.7 Å². The van der Waals surface area contributed by atoms with Crippen molar-refractivity contribution in [3.05, 3.63) is 35.9 Å². The SMILES string of the molecule is CN(C)N(CCCC(=O)[O-])C(=O)Cc1ccccc1. The average Bonchev–Trinajstić information content (AvgIpc) is 2.35. The third-order valence-corrected chi connectivity index (χ3v) is 2.72. The van der Waals surface area contributed by atoms with Gasteiger partial charge in [-0.1, -0.05) is 30.3 Å². The second-order valence-electron chi connectivity index (χ2n) is 4.50. The lowest BCUT2D eigenvalue weighted by Gasteiger charge is -2.29. The Morgan fingerprint density at radius 1 is 1.16 bits per heavy atom. The summed E-state index contributed by atoms with van der Waals surface area (Å²) < 4.78 is 0. The minimum absolute atomic E-state index is 0.0387. The van der Waals surface area contributed by atoms with E-state index in [1.54, 1.807) is 24.1 Å². The van der Waals surface area contributed by atoms with Crippen LogP contribution < -0.4 is 5.11 Å². The van der Waals surface area contributed by atoms with E-state index in [4.69, 9.17) is 0 Å². The van der Waals surface area contributed by atoms with Crippen molar-refractivity contribution in [2.75, 3.05) is 20.6 Å². The highest BCUT2D eigenvalue weighted by Gasteiger charge is 2.15. The van der Waals surface area contributed by atoms with E-state index in [0.717, 1.165) is 5.56 Å². The van der Waals surface area contributed by atoms with Gasteiger partial charge in [0.05, 0.1) is 6.42 Å². The van der Waals surface area contributed by atoms with Gasteiger partial charge in [-0.05, 0) is 18.4 Å². The second kappa shape index (κ2) is 7.53. The van der Waals surface area contributed by atoms with Gasteiger partial charge in [0.15, 0.2) is 0 Å². The van der Waals surface area contributed by atoms with Gasteiger partial charge in [0, 0.05) is 26.6 Å². The molecule has 19 heavy (non-hydrogen) atoms. The lowest BCUT2D eigenvalue weighted by atomic mass is 10.1. The molecule has 104 valence electrons. The Bertz CT molecular complexity index is 418. The first-order chi connectivity index (χ1) is 9.00. The summed E-state index contributed by atoms with van der Waals surface area (Å²) in [5.41, 5.74) is 0.944. The Labute approximate surface area is 113 Å². The number of nitrogens with zero attached hydrogens (tertiary/aromatic N) is 2. The zero-order valence-corrected chi connectivity index (χ0v) is 11.3. The minimum Gasteiger partial charge on any atom is -0.550 e. The van der Waals surface area contributed by atoms with Crippen molar-refractivity contribution in [1.82, 2.24) is 10.0 Å². The van der Waals surface area contributed by atoms with Crippen LogP contribution in [-0.4, -0.2) is 42.5 Å². The molecule has 5 nitrogen and oxygen atoms in total. The molecule has 0 bridgehead atoms. The summed E-state index contributed by atoms with van der Waals surface area (Å²) >= 11 is 0. The van der Waals surface area contributed by atoms with Crippen molar-refractivity contribution in [1.29, 1.82) is 0 Å². The molecule has 0 aliphatic rings. The molecule has 0 radical (unpaired) electrons. The molecule has 5 heteroatoms. The van der Waals surface area contributed by atoms with E-state index in [1.807, 2.05) is 30.3 Å². The lowest BCUT2D eigenvalue weighted by molar-refractivity contribution is -0.305. The highest BCUT2D eigenvalue weighted by molar-refractivity contribution is 5.78. The number of hydrogen-bond donors (Lipinski definition) is 0. The van der Waals surface area contributed by atoms with Crippen LogP contribution in [0.1, 0.15) is 18.4 Å². The molecule has 0 unspecified atom stereocenters. The molecule has 1 amide bonds. The van der Waals surface area contributed by atoms with E-state index in [2.05, 4.69) is 0 Å². The quantitative estimate of drug-likeness (QED) is 0.653. The summed E-state index contributed by atoms with van der Waals surface area (Å²) in [6.07, 6.45) is 0.661. The van der Waals surface area contributed by atoms with Gasteiger partial charge in [-0.25, -0.2) is 5.01 Å². The molecule has 1 aromatic rings. The highest BCUT2D eigenvalue weighted by Crippen LogP contribution is 2.05. The first-order valence-corrected chi connectivity index (χ1v) is 6.22. The number of benzene rings is 1. The fraction of sp³-hybridized carbons (Fsp3) is 0.429. The molecule has 0 N–H and O–H groups in total. The molecule has 0 fully saturated rings. The van der Waals surface area contributed by atoms with Crippen molar-refractivity contribution in [3.8, 4) is 0 Å². The van der Waals surface area contributed by atoms with E-state index >= 15 is 0 Å². The monoisotopic (exact) mass is 263 g/mol. The molecule has 0 aliphatic carbocycles. The van der Waals surface area contributed by atoms with Crippen LogP contribution in [0.3, 0.4) is 0 Å². The Morgan fingerprint density at radius 2 is 1.79 bits per heavy atom. The maximum absolute atomic E-state index is 12.2. The van der Waals surface area contributed by atoms with Crippen LogP contribution in [-0.2, 0) is 16.0 Å². The van der Waals surface area contributed by atoms with Gasteiger partial charge >= 0.3 is 0 Å². The van der Waals surface area contributed by atoms with Crippen LogP contribution in [0.25, 0.3) is 0 Å². The minimum atomic E-state index is -1.09. The van der Waals surface area contributed by atoms with E-state index in [9.17, 15) is 14.7 Å². The fourth-order valence-corrected chi connectivity index (χ4v) is 1.78. The number of hydrazine groups is 1. The number of amides is 1. The molecular weight excluding hydrogens is 244 g/mol. The van der Waals surface area contributed by atoms with E-state index < -0.39 is 5.97 Å². The largest absolute Gasteiger partial charge is 0.550 e. The summed E-state index contributed by atoms with van der Waals surface area (Å²) in [5.74, 6) is -1.14. The van der Waals surface area contributed by atoms with Crippen molar-refractivity contribution < 1.29 is 14.7 Å². The van der Waals surface area contributed by atoms with Gasteiger partial charge in [-0.15, -0.1) is 0 Å². The predicted octanol–water partition coefficient (Wildman–Crippen LogP) is 0.0644. The number of carboxylic acid groups (broad SMARTS) is 1. The zero-order valence-electron chi connectivity index (χ0n) is 11.3. The van der Waals surface area contributed by atoms with E-state index in [-0.39, 0.29) is 12.3 Å². The van der Waals surface area contributed by atoms with Gasteiger partial charge < -0.3 is 9.90 Å². The zero-order chi connectivity index (χ0) is 14.3. The van der Waals surface area contributed by atoms with Crippen LogP contribution in [0, 0.1) is 0 Å². The maximum Gasteiger partial charge on any atom is 0.241 e. The average molecular weight is 263 g/mol. The standard InChI is InChI=1S/C14H20N2O3/c1-15(2)16(10-6-9-14(18)19)13(17)11-12-7-4-3-5-8-12/h3-5,7-8H,6,9-11H2,1-2H3,(H,18,19)/p-1. The fourth-order valence-electron chi connectivity index (χ4n) is 1.78. The molecule has 0 aromatic heterocycles. The van der Waals surface area contributed by atoms with Crippen LogP contribution in [0.5, 0.6) is 0 Å². The van der Waals surface area contributed by atoms with E-state index in [0.29, 0.717) is 19.4 Å². The van der Waals surface area contributed by atoms with Crippen molar-refractivity contribution in [2.45, 2.75) is 19.3 Å². The smallest absolute Gasteiger partial charge is 0.241 e. The highest BCUT2D eigenvalue weighted by atomic mass is 16.4. The third-order valence-electron chi connectivity index (χ3n) is 2.72. The van der Waals surface area contributed by atoms with E-state index in [1.165, 1.54) is 0 Å². The summed E-state index contributed by atoms with van der Waals surface area (Å²) in [4.78, 5) is 22.5. The molecule has 1 rings (SSSR count). The first-order valence-electron chi connectivity index (χ1n) is 6.22. The normalized spacial score (nSPS) is 10.5. The van der Waals surface area contributed by atoms with Gasteiger partial charge in [-0.3, -0.25) is 9.80 Å². The van der Waals surface area contributed by atoms with Crippen LogP contribution in [0.4, 0.5) is 0 Å². The molecule has 0 spiro atoms.